The van der Waals surface area contributed by atoms with Crippen LogP contribution in [0.2, 0.25) is 5.02 Å². The highest BCUT2D eigenvalue weighted by Crippen LogP contribution is 2.46. The Hall–Kier alpha value is -2.61. The largest absolute Gasteiger partial charge is 0.491 e. The van der Waals surface area contributed by atoms with Gasteiger partial charge in [0, 0.05) is 29.0 Å². The summed E-state index contributed by atoms with van der Waals surface area (Å²) in [6.45, 7) is 7.30. The van der Waals surface area contributed by atoms with Crippen molar-refractivity contribution in [3.8, 4) is 5.75 Å². The van der Waals surface area contributed by atoms with Crippen LogP contribution in [0, 0.1) is 0 Å². The molecule has 2 aromatic rings. The van der Waals surface area contributed by atoms with Crippen molar-refractivity contribution in [3.63, 3.8) is 0 Å². The van der Waals surface area contributed by atoms with Crippen LogP contribution in [-0.4, -0.2) is 59.3 Å². The zero-order valence-corrected chi connectivity index (χ0v) is 20.6. The normalized spacial score (nSPS) is 25.1. The van der Waals surface area contributed by atoms with E-state index in [0.29, 0.717) is 17.7 Å². The van der Waals surface area contributed by atoms with Crippen molar-refractivity contribution in [1.82, 2.24) is 9.88 Å². The van der Waals surface area contributed by atoms with Crippen molar-refractivity contribution in [1.29, 1.82) is 0 Å². The standard InChI is InChI=1S/C27H31ClN4O3/c1-17-2-3-18-12-22(16-29-25(18)32(17)20-14-21(33)15-20)35-11-10-31-8-6-27(7-9-31)23-13-19(28)4-5-24(23)30-26(27)34/h4-5,12-13,16,20-21,33H,1-3,6-11,14-15H2,(H,30,34)/t20-,21-. The molecule has 1 amide bonds. The second-order valence-corrected chi connectivity index (χ2v) is 10.7. The first kappa shape index (κ1) is 22.8. The van der Waals surface area contributed by atoms with E-state index < -0.39 is 5.41 Å². The molecule has 0 unspecified atom stereocenters. The number of carbonyl (C=O) groups is 1. The molecule has 35 heavy (non-hydrogen) atoms. The molecular formula is C27H31ClN4O3. The summed E-state index contributed by atoms with van der Waals surface area (Å²) in [5, 5.41) is 13.4. The van der Waals surface area contributed by atoms with Gasteiger partial charge in [-0.05, 0) is 87.0 Å². The van der Waals surface area contributed by atoms with Gasteiger partial charge in [-0.1, -0.05) is 18.2 Å². The zero-order valence-electron chi connectivity index (χ0n) is 19.8. The van der Waals surface area contributed by atoms with E-state index in [-0.39, 0.29) is 12.0 Å². The van der Waals surface area contributed by atoms with Gasteiger partial charge in [-0.15, -0.1) is 0 Å². The number of aromatic nitrogens is 1. The van der Waals surface area contributed by atoms with Crippen LogP contribution in [0.25, 0.3) is 0 Å². The van der Waals surface area contributed by atoms with Crippen LogP contribution in [0.5, 0.6) is 5.75 Å². The minimum Gasteiger partial charge on any atom is -0.491 e. The fraction of sp³-hybridized carbons (Fsp3) is 0.481. The number of allylic oxidation sites excluding steroid dienone is 1. The van der Waals surface area contributed by atoms with E-state index in [1.807, 2.05) is 18.2 Å². The van der Waals surface area contributed by atoms with Crippen molar-refractivity contribution in [2.45, 2.75) is 56.1 Å². The maximum Gasteiger partial charge on any atom is 0.235 e. The van der Waals surface area contributed by atoms with Gasteiger partial charge in [0.1, 0.15) is 18.2 Å². The van der Waals surface area contributed by atoms with Gasteiger partial charge in [0.2, 0.25) is 5.91 Å². The van der Waals surface area contributed by atoms with Crippen molar-refractivity contribution in [2.75, 3.05) is 36.5 Å². The number of benzene rings is 1. The smallest absolute Gasteiger partial charge is 0.235 e. The average molecular weight is 495 g/mol. The van der Waals surface area contributed by atoms with Crippen LogP contribution in [0.4, 0.5) is 11.5 Å². The molecular weight excluding hydrogens is 464 g/mol. The number of carbonyl (C=O) groups excluding carboxylic acids is 1. The van der Waals surface area contributed by atoms with E-state index in [9.17, 15) is 9.90 Å². The minimum absolute atomic E-state index is 0.0962. The molecule has 1 saturated carbocycles. The molecule has 1 spiro atoms. The molecule has 0 radical (unpaired) electrons. The number of hydrogen-bond acceptors (Lipinski definition) is 6. The van der Waals surface area contributed by atoms with Gasteiger partial charge in [-0.3, -0.25) is 9.69 Å². The lowest BCUT2D eigenvalue weighted by atomic mass is 9.73. The van der Waals surface area contributed by atoms with E-state index in [2.05, 4.69) is 27.8 Å². The third kappa shape index (κ3) is 3.99. The molecule has 6 rings (SSSR count). The predicted molar refractivity (Wildman–Crippen MR) is 136 cm³/mol. The highest BCUT2D eigenvalue weighted by molar-refractivity contribution is 6.31. The van der Waals surface area contributed by atoms with Gasteiger partial charge in [-0.2, -0.15) is 0 Å². The van der Waals surface area contributed by atoms with Gasteiger partial charge in [0.15, 0.2) is 0 Å². The summed E-state index contributed by atoms with van der Waals surface area (Å²) < 4.78 is 6.08. The molecule has 4 aliphatic rings. The number of rotatable bonds is 5. The van der Waals surface area contributed by atoms with E-state index in [1.54, 1.807) is 6.20 Å². The quantitative estimate of drug-likeness (QED) is 0.656. The molecule has 184 valence electrons. The molecule has 2 fully saturated rings. The Morgan fingerprint density at radius 3 is 2.80 bits per heavy atom. The predicted octanol–water partition coefficient (Wildman–Crippen LogP) is 3.89. The number of halogens is 1. The Kier molecular flexibility index (Phi) is 5.74. The summed E-state index contributed by atoms with van der Waals surface area (Å²) >= 11 is 6.23. The van der Waals surface area contributed by atoms with Crippen molar-refractivity contribution in [3.05, 3.63) is 58.9 Å². The zero-order chi connectivity index (χ0) is 24.2. The number of likely N-dealkylation sites (tertiary alicyclic amines) is 1. The molecule has 3 aliphatic heterocycles. The van der Waals surface area contributed by atoms with Crippen molar-refractivity contribution >= 4 is 29.0 Å². The SMILES string of the molecule is C=C1CCc2cc(OCCN3CCC4(CC3)C(=O)Nc3ccc(Cl)cc34)cnc2N1[C@H]1C[C@H](O)C1. The highest BCUT2D eigenvalue weighted by atomic mass is 35.5. The lowest BCUT2D eigenvalue weighted by Gasteiger charge is -2.44. The third-order valence-electron chi connectivity index (χ3n) is 8.19. The molecule has 2 N–H and O–H groups in total. The Morgan fingerprint density at radius 2 is 2.03 bits per heavy atom. The highest BCUT2D eigenvalue weighted by Gasteiger charge is 2.48. The summed E-state index contributed by atoms with van der Waals surface area (Å²) in [5.74, 6) is 1.85. The number of aliphatic hydroxyl groups is 1. The second kappa shape index (κ2) is 8.80. The Labute approximate surface area is 210 Å². The van der Waals surface area contributed by atoms with E-state index >= 15 is 0 Å². The summed E-state index contributed by atoms with van der Waals surface area (Å²) in [6.07, 6.45) is 6.51. The summed E-state index contributed by atoms with van der Waals surface area (Å²) in [4.78, 5) is 22.1. The Morgan fingerprint density at radius 1 is 1.23 bits per heavy atom. The van der Waals surface area contributed by atoms with Crippen molar-refractivity contribution in [2.24, 2.45) is 0 Å². The number of ether oxygens (including phenoxy) is 1. The summed E-state index contributed by atoms with van der Waals surface area (Å²) in [7, 11) is 0. The molecule has 7 nitrogen and oxygen atoms in total. The average Bonchev–Trinajstić information content (AvgIpc) is 3.09. The number of anilines is 2. The number of hydrogen-bond donors (Lipinski definition) is 2. The maximum atomic E-state index is 12.8. The van der Waals surface area contributed by atoms with Gasteiger partial charge in [0.05, 0.1) is 17.7 Å². The molecule has 0 atom stereocenters. The lowest BCUT2D eigenvalue weighted by molar-refractivity contribution is -0.122. The topological polar surface area (TPSA) is 77.9 Å². The Bertz CT molecular complexity index is 1170. The van der Waals surface area contributed by atoms with E-state index in [0.717, 1.165) is 86.7 Å². The summed E-state index contributed by atoms with van der Waals surface area (Å²) in [5.41, 5.74) is 3.73. The van der Waals surface area contributed by atoms with Gasteiger partial charge in [-0.25, -0.2) is 4.98 Å². The van der Waals surface area contributed by atoms with Crippen LogP contribution in [0.15, 0.2) is 42.7 Å². The number of aliphatic hydroxyl groups excluding tert-OH is 1. The van der Waals surface area contributed by atoms with E-state index in [1.165, 1.54) is 5.56 Å². The number of fused-ring (bicyclic) bond motifs is 3. The van der Waals surface area contributed by atoms with Gasteiger partial charge >= 0.3 is 0 Å². The minimum atomic E-state index is -0.466. The monoisotopic (exact) mass is 494 g/mol. The first-order chi connectivity index (χ1) is 16.9. The fourth-order valence-corrected chi connectivity index (χ4v) is 6.22. The lowest BCUT2D eigenvalue weighted by Crippen LogP contribution is -2.48. The molecule has 1 aromatic carbocycles. The van der Waals surface area contributed by atoms with Crippen LogP contribution in [0.1, 0.15) is 43.2 Å². The third-order valence-corrected chi connectivity index (χ3v) is 8.42. The number of pyridine rings is 1. The van der Waals surface area contributed by atoms with Crippen LogP contribution in [0.3, 0.4) is 0 Å². The van der Waals surface area contributed by atoms with E-state index in [4.69, 9.17) is 21.3 Å². The van der Waals surface area contributed by atoms with Crippen LogP contribution in [-0.2, 0) is 16.6 Å². The molecule has 1 saturated heterocycles. The number of nitrogens with zero attached hydrogens (tertiary/aromatic N) is 3. The Balaban J connectivity index is 1.05. The number of amides is 1. The second-order valence-electron chi connectivity index (χ2n) is 10.3. The number of piperidine rings is 1. The first-order valence-corrected chi connectivity index (χ1v) is 12.9. The van der Waals surface area contributed by atoms with Crippen molar-refractivity contribution < 1.29 is 14.6 Å². The maximum absolute atomic E-state index is 12.8. The molecule has 1 aromatic heterocycles. The number of aryl methyl sites for hydroxylation is 1. The van der Waals surface area contributed by atoms with Gasteiger partial charge < -0.3 is 20.1 Å². The molecule has 8 heteroatoms. The molecule has 0 bridgehead atoms. The fourth-order valence-electron chi connectivity index (χ4n) is 6.04. The van der Waals surface area contributed by atoms with Crippen LogP contribution >= 0.6 is 11.6 Å². The molecule has 4 heterocycles. The van der Waals surface area contributed by atoms with Gasteiger partial charge in [0.25, 0.3) is 0 Å². The molecule has 1 aliphatic carbocycles. The first-order valence-electron chi connectivity index (χ1n) is 12.5. The van der Waals surface area contributed by atoms with Crippen LogP contribution < -0.4 is 15.0 Å². The summed E-state index contributed by atoms with van der Waals surface area (Å²) in [6, 6.07) is 8.07. The number of nitrogens with one attached hydrogen (secondary N) is 1.